The van der Waals surface area contributed by atoms with Gasteiger partial charge in [0.15, 0.2) is 0 Å². The van der Waals surface area contributed by atoms with Crippen molar-refractivity contribution in [2.45, 2.75) is 43.7 Å². The number of nitrogens with zero attached hydrogens (tertiary/aromatic N) is 1. The van der Waals surface area contributed by atoms with Gasteiger partial charge in [0.1, 0.15) is 5.75 Å². The highest BCUT2D eigenvalue weighted by Gasteiger charge is 2.44. The van der Waals surface area contributed by atoms with Crippen LogP contribution in [0.25, 0.3) is 0 Å². The Hall–Kier alpha value is -1.17. The van der Waals surface area contributed by atoms with Gasteiger partial charge in [0, 0.05) is 18.4 Å². The van der Waals surface area contributed by atoms with E-state index >= 15 is 0 Å². The van der Waals surface area contributed by atoms with Gasteiger partial charge in [0.25, 0.3) is 0 Å². The van der Waals surface area contributed by atoms with Gasteiger partial charge in [-0.2, -0.15) is 0 Å². The first-order valence-corrected chi connectivity index (χ1v) is 7.36. The van der Waals surface area contributed by atoms with E-state index in [4.69, 9.17) is 15.3 Å². The normalized spacial score (nSPS) is 26.0. The van der Waals surface area contributed by atoms with E-state index in [2.05, 4.69) is 10.4 Å². The second-order valence-corrected chi connectivity index (χ2v) is 5.90. The smallest absolute Gasteiger partial charge is 0.141 e. The topological polar surface area (TPSA) is 69.4 Å². The zero-order valence-electron chi connectivity index (χ0n) is 12.0. The molecule has 1 spiro atoms. The third-order valence-electron chi connectivity index (χ3n) is 4.82. The number of pyridine rings is 1. The number of rotatable bonds is 4. The molecule has 3 N–H and O–H groups in total. The standard InChI is InChI=1S/C15H23N3O2/c1-19-13-10-17-7-3-12(13)14(18-16)11-4-8-20-15(9-11)5-2-6-15/h3,7,10-11,14,18H,2,4-6,8-9,16H2,1H3. The van der Waals surface area contributed by atoms with Crippen molar-refractivity contribution >= 4 is 0 Å². The van der Waals surface area contributed by atoms with Crippen LogP contribution in [0.4, 0.5) is 0 Å². The van der Waals surface area contributed by atoms with E-state index in [1.807, 2.05) is 6.07 Å². The fraction of sp³-hybridized carbons (Fsp3) is 0.667. The number of hydrogen-bond acceptors (Lipinski definition) is 5. The van der Waals surface area contributed by atoms with Crippen molar-refractivity contribution in [3.63, 3.8) is 0 Å². The summed E-state index contributed by atoms with van der Waals surface area (Å²) < 4.78 is 11.4. The number of ether oxygens (including phenoxy) is 2. The molecule has 1 saturated heterocycles. The second-order valence-electron chi connectivity index (χ2n) is 5.90. The maximum absolute atomic E-state index is 6.01. The highest BCUT2D eigenvalue weighted by Crippen LogP contribution is 2.47. The first-order valence-electron chi connectivity index (χ1n) is 7.36. The number of hydrogen-bond donors (Lipinski definition) is 2. The fourth-order valence-electron chi connectivity index (χ4n) is 3.57. The van der Waals surface area contributed by atoms with Crippen LogP contribution in [0.1, 0.15) is 43.7 Å². The van der Waals surface area contributed by atoms with Gasteiger partial charge in [-0.1, -0.05) is 0 Å². The third kappa shape index (κ3) is 2.41. The van der Waals surface area contributed by atoms with E-state index in [-0.39, 0.29) is 11.6 Å². The summed E-state index contributed by atoms with van der Waals surface area (Å²) in [6, 6.07) is 2.08. The summed E-state index contributed by atoms with van der Waals surface area (Å²) in [5.74, 6) is 7.11. The van der Waals surface area contributed by atoms with Crippen molar-refractivity contribution in [2.24, 2.45) is 11.8 Å². The minimum atomic E-state index is 0.0920. The largest absolute Gasteiger partial charge is 0.495 e. The molecule has 2 atom stereocenters. The summed E-state index contributed by atoms with van der Waals surface area (Å²) in [4.78, 5) is 4.12. The SMILES string of the molecule is COc1cnccc1C(NN)C1CCOC2(CCC2)C1. The lowest BCUT2D eigenvalue weighted by Gasteiger charge is -2.48. The highest BCUT2D eigenvalue weighted by atomic mass is 16.5. The van der Waals surface area contributed by atoms with Gasteiger partial charge in [-0.3, -0.25) is 16.3 Å². The number of hydrazine groups is 1. The first-order chi connectivity index (χ1) is 9.78. The fourth-order valence-corrected chi connectivity index (χ4v) is 3.57. The summed E-state index contributed by atoms with van der Waals surface area (Å²) in [5.41, 5.74) is 4.20. The maximum Gasteiger partial charge on any atom is 0.141 e. The van der Waals surface area contributed by atoms with Crippen LogP contribution < -0.4 is 16.0 Å². The van der Waals surface area contributed by atoms with Crippen LogP contribution >= 0.6 is 0 Å². The van der Waals surface area contributed by atoms with Gasteiger partial charge in [0.05, 0.1) is 24.9 Å². The van der Waals surface area contributed by atoms with Crippen molar-refractivity contribution in [2.75, 3.05) is 13.7 Å². The van der Waals surface area contributed by atoms with Crippen molar-refractivity contribution in [1.29, 1.82) is 0 Å². The Labute approximate surface area is 119 Å². The van der Waals surface area contributed by atoms with Gasteiger partial charge >= 0.3 is 0 Å². The van der Waals surface area contributed by atoms with E-state index in [1.54, 1.807) is 19.5 Å². The summed E-state index contributed by atoms with van der Waals surface area (Å²) >= 11 is 0. The Balaban J connectivity index is 1.82. The van der Waals surface area contributed by atoms with Crippen LogP contribution in [0, 0.1) is 5.92 Å². The lowest BCUT2D eigenvalue weighted by molar-refractivity contribution is -0.147. The number of aromatic nitrogens is 1. The predicted octanol–water partition coefficient (Wildman–Crippen LogP) is 1.94. The molecule has 1 aliphatic heterocycles. The van der Waals surface area contributed by atoms with Gasteiger partial charge < -0.3 is 9.47 Å². The molecule has 1 aromatic heterocycles. The average molecular weight is 277 g/mol. The molecule has 1 aliphatic carbocycles. The second kappa shape index (κ2) is 5.68. The Morgan fingerprint density at radius 2 is 2.40 bits per heavy atom. The van der Waals surface area contributed by atoms with Gasteiger partial charge in [0.2, 0.25) is 0 Å². The molecule has 0 radical (unpaired) electrons. The molecule has 0 bridgehead atoms. The molecule has 1 saturated carbocycles. The van der Waals surface area contributed by atoms with Crippen LogP contribution in [0.5, 0.6) is 5.75 Å². The minimum Gasteiger partial charge on any atom is -0.495 e. The molecule has 1 aromatic rings. The Morgan fingerprint density at radius 1 is 1.55 bits per heavy atom. The van der Waals surface area contributed by atoms with Crippen molar-refractivity contribution in [3.05, 3.63) is 24.0 Å². The number of nitrogens with one attached hydrogen (secondary N) is 1. The number of nitrogens with two attached hydrogens (primary N) is 1. The molecule has 5 nitrogen and oxygen atoms in total. The summed E-state index contributed by atoms with van der Waals surface area (Å²) in [5, 5.41) is 0. The van der Waals surface area contributed by atoms with Crippen LogP contribution in [0.15, 0.2) is 18.5 Å². The van der Waals surface area contributed by atoms with Crippen LogP contribution in [0.3, 0.4) is 0 Å². The molecule has 20 heavy (non-hydrogen) atoms. The molecule has 3 rings (SSSR count). The Bertz CT molecular complexity index is 462. The van der Waals surface area contributed by atoms with Crippen LogP contribution in [-0.2, 0) is 4.74 Å². The van der Waals surface area contributed by atoms with E-state index in [1.165, 1.54) is 19.3 Å². The molecule has 2 heterocycles. The summed E-state index contributed by atoms with van der Waals surface area (Å²) in [6.45, 7) is 0.830. The van der Waals surface area contributed by atoms with Crippen molar-refractivity contribution in [3.8, 4) is 5.75 Å². The maximum atomic E-state index is 6.01. The summed E-state index contributed by atoms with van der Waals surface area (Å²) in [6.07, 6.45) is 9.31. The lowest BCUT2D eigenvalue weighted by Crippen LogP contribution is -2.48. The summed E-state index contributed by atoms with van der Waals surface area (Å²) in [7, 11) is 1.67. The minimum absolute atomic E-state index is 0.0920. The van der Waals surface area contributed by atoms with Crippen LogP contribution in [0.2, 0.25) is 0 Å². The molecular weight excluding hydrogens is 254 g/mol. The molecule has 110 valence electrons. The molecule has 0 amide bonds. The monoisotopic (exact) mass is 277 g/mol. The molecule has 2 unspecified atom stereocenters. The zero-order valence-corrected chi connectivity index (χ0v) is 12.0. The van der Waals surface area contributed by atoms with E-state index < -0.39 is 0 Å². The average Bonchev–Trinajstić information content (AvgIpc) is 2.47. The van der Waals surface area contributed by atoms with E-state index in [0.29, 0.717) is 5.92 Å². The Morgan fingerprint density at radius 3 is 3.05 bits per heavy atom. The van der Waals surface area contributed by atoms with Gasteiger partial charge in [-0.15, -0.1) is 0 Å². The zero-order chi connectivity index (χ0) is 14.0. The van der Waals surface area contributed by atoms with Gasteiger partial charge in [-0.05, 0) is 44.1 Å². The predicted molar refractivity (Wildman–Crippen MR) is 76.1 cm³/mol. The lowest BCUT2D eigenvalue weighted by atomic mass is 9.70. The first kappa shape index (κ1) is 13.8. The van der Waals surface area contributed by atoms with Crippen molar-refractivity contribution < 1.29 is 9.47 Å². The third-order valence-corrected chi connectivity index (χ3v) is 4.82. The van der Waals surface area contributed by atoms with Gasteiger partial charge in [-0.25, -0.2) is 0 Å². The van der Waals surface area contributed by atoms with Crippen LogP contribution in [-0.4, -0.2) is 24.3 Å². The molecule has 0 aromatic carbocycles. The number of methoxy groups -OCH3 is 1. The van der Waals surface area contributed by atoms with Crippen molar-refractivity contribution in [1.82, 2.24) is 10.4 Å². The molecule has 5 heteroatoms. The van der Waals surface area contributed by atoms with E-state index in [0.717, 1.165) is 30.8 Å². The molecule has 2 fully saturated rings. The Kier molecular flexibility index (Phi) is 3.92. The molecular formula is C15H23N3O2. The molecule has 2 aliphatic rings. The highest BCUT2D eigenvalue weighted by molar-refractivity contribution is 5.33. The van der Waals surface area contributed by atoms with E-state index in [9.17, 15) is 0 Å². The quantitative estimate of drug-likeness (QED) is 0.650.